The van der Waals surface area contributed by atoms with Crippen LogP contribution in [0.3, 0.4) is 0 Å². The van der Waals surface area contributed by atoms with Gasteiger partial charge in [-0.15, -0.1) is 0 Å². The van der Waals surface area contributed by atoms with Crippen molar-refractivity contribution in [3.63, 3.8) is 0 Å². The number of benzene rings is 1. The minimum absolute atomic E-state index is 0.185. The van der Waals surface area contributed by atoms with Crippen molar-refractivity contribution in [1.82, 2.24) is 15.6 Å². The first-order valence-corrected chi connectivity index (χ1v) is 7.56. The molecule has 0 aliphatic heterocycles. The average Bonchev–Trinajstić information content (AvgIpc) is 2.99. The lowest BCUT2D eigenvalue weighted by atomic mass is 9.89. The minimum atomic E-state index is -0.611. The number of urea groups is 1. The molecule has 1 atom stereocenters. The molecule has 0 bridgehead atoms. The van der Waals surface area contributed by atoms with Gasteiger partial charge in [0, 0.05) is 12.1 Å². The number of amides is 2. The predicted molar refractivity (Wildman–Crippen MR) is 87.6 cm³/mol. The summed E-state index contributed by atoms with van der Waals surface area (Å²) >= 11 is 0. The Morgan fingerprint density at radius 3 is 2.61 bits per heavy atom. The third kappa shape index (κ3) is 5.10. The van der Waals surface area contributed by atoms with Crippen LogP contribution in [0.1, 0.15) is 26.7 Å². The molecular weight excluding hydrogens is 294 g/mol. The zero-order valence-electron chi connectivity index (χ0n) is 13.7. The largest absolute Gasteiger partial charge is 0.439 e. The van der Waals surface area contributed by atoms with Crippen LogP contribution in [0.2, 0.25) is 0 Å². The van der Waals surface area contributed by atoms with Crippen LogP contribution >= 0.6 is 0 Å². The molecule has 3 N–H and O–H groups in total. The normalized spacial score (nSPS) is 12.7. The zero-order valence-corrected chi connectivity index (χ0v) is 13.7. The maximum Gasteiger partial charge on any atom is 0.315 e. The molecule has 1 unspecified atom stereocenters. The van der Waals surface area contributed by atoms with Crippen molar-refractivity contribution in [2.75, 3.05) is 6.54 Å². The summed E-state index contributed by atoms with van der Waals surface area (Å²) in [6, 6.07) is 9.26. The second kappa shape index (κ2) is 7.28. The topological polar surface area (TPSA) is 87.4 Å². The van der Waals surface area contributed by atoms with Crippen LogP contribution in [-0.4, -0.2) is 28.8 Å². The highest BCUT2D eigenvalue weighted by Crippen LogP contribution is 2.19. The number of carbonyl (C=O) groups is 1. The molecule has 6 nitrogen and oxygen atoms in total. The van der Waals surface area contributed by atoms with E-state index in [1.54, 1.807) is 6.20 Å². The van der Waals surface area contributed by atoms with Gasteiger partial charge in [0.1, 0.15) is 0 Å². The Bertz CT molecular complexity index is 632. The number of aliphatic hydroxyl groups excluding tert-OH is 1. The van der Waals surface area contributed by atoms with Crippen LogP contribution in [0.5, 0.6) is 0 Å². The summed E-state index contributed by atoms with van der Waals surface area (Å²) in [6.45, 7) is 6.11. The maximum absolute atomic E-state index is 11.7. The van der Waals surface area contributed by atoms with Gasteiger partial charge in [0.2, 0.25) is 5.89 Å². The van der Waals surface area contributed by atoms with Crippen LogP contribution in [0.4, 0.5) is 4.79 Å². The molecule has 0 spiro atoms. The van der Waals surface area contributed by atoms with E-state index in [0.717, 1.165) is 5.56 Å². The number of nitrogens with one attached hydrogen (secondary N) is 2. The molecule has 2 aromatic rings. The first-order chi connectivity index (χ1) is 10.9. The predicted octanol–water partition coefficient (Wildman–Crippen LogP) is 2.55. The molecule has 2 rings (SSSR count). The molecule has 0 radical (unpaired) electrons. The third-order valence-electron chi connectivity index (χ3n) is 3.47. The number of rotatable bonds is 5. The van der Waals surface area contributed by atoms with E-state index in [0.29, 0.717) is 11.7 Å². The molecule has 0 fully saturated rings. The standard InChI is InChI=1S/C17H23N3O3/c1-17(2,3)14(21)10-19-16(22)20-11-15-18-9-13(23-15)12-7-5-4-6-8-12/h4-9,14,21H,10-11H2,1-3H3,(H2,19,20,22). The Morgan fingerprint density at radius 1 is 1.26 bits per heavy atom. The second-order valence-corrected chi connectivity index (χ2v) is 6.43. The van der Waals surface area contributed by atoms with Crippen LogP contribution in [0, 0.1) is 5.41 Å². The van der Waals surface area contributed by atoms with Crippen molar-refractivity contribution in [3.8, 4) is 11.3 Å². The van der Waals surface area contributed by atoms with E-state index < -0.39 is 6.10 Å². The SMILES string of the molecule is CC(C)(C)C(O)CNC(=O)NCc1ncc(-c2ccccc2)o1. The summed E-state index contributed by atoms with van der Waals surface area (Å²) in [5, 5.41) is 15.2. The summed E-state index contributed by atoms with van der Waals surface area (Å²) < 4.78 is 5.60. The van der Waals surface area contributed by atoms with Crippen molar-refractivity contribution in [2.24, 2.45) is 5.41 Å². The Kier molecular flexibility index (Phi) is 5.39. The molecule has 0 saturated carbocycles. The number of nitrogens with zero attached hydrogens (tertiary/aromatic N) is 1. The van der Waals surface area contributed by atoms with Crippen molar-refractivity contribution in [3.05, 3.63) is 42.4 Å². The molecule has 0 saturated heterocycles. The van der Waals surface area contributed by atoms with Crippen LogP contribution < -0.4 is 10.6 Å². The maximum atomic E-state index is 11.7. The Morgan fingerprint density at radius 2 is 1.96 bits per heavy atom. The minimum Gasteiger partial charge on any atom is -0.439 e. The highest BCUT2D eigenvalue weighted by atomic mass is 16.4. The van der Waals surface area contributed by atoms with Crippen molar-refractivity contribution >= 4 is 6.03 Å². The summed E-state index contributed by atoms with van der Waals surface area (Å²) in [5.74, 6) is 1.08. The molecule has 2 amide bonds. The fourth-order valence-corrected chi connectivity index (χ4v) is 1.84. The lowest BCUT2D eigenvalue weighted by molar-refractivity contribution is 0.0649. The fourth-order valence-electron chi connectivity index (χ4n) is 1.84. The van der Waals surface area contributed by atoms with Gasteiger partial charge in [0.15, 0.2) is 5.76 Å². The Hall–Kier alpha value is -2.34. The first-order valence-electron chi connectivity index (χ1n) is 7.56. The van der Waals surface area contributed by atoms with Gasteiger partial charge in [0.05, 0.1) is 18.8 Å². The van der Waals surface area contributed by atoms with Gasteiger partial charge in [-0.2, -0.15) is 0 Å². The van der Waals surface area contributed by atoms with Gasteiger partial charge >= 0.3 is 6.03 Å². The van der Waals surface area contributed by atoms with Gasteiger partial charge in [-0.05, 0) is 5.41 Å². The van der Waals surface area contributed by atoms with Crippen molar-refractivity contribution in [1.29, 1.82) is 0 Å². The van der Waals surface area contributed by atoms with E-state index in [1.165, 1.54) is 0 Å². The number of carbonyl (C=O) groups excluding carboxylic acids is 1. The number of hydrogen-bond donors (Lipinski definition) is 3. The zero-order chi connectivity index (χ0) is 16.9. The van der Waals surface area contributed by atoms with Crippen LogP contribution in [0.15, 0.2) is 40.9 Å². The van der Waals surface area contributed by atoms with Gasteiger partial charge < -0.3 is 20.2 Å². The average molecular weight is 317 g/mol. The molecule has 124 valence electrons. The lowest BCUT2D eigenvalue weighted by Crippen LogP contribution is -2.43. The number of aromatic nitrogens is 1. The smallest absolute Gasteiger partial charge is 0.315 e. The van der Waals surface area contributed by atoms with E-state index in [4.69, 9.17) is 4.42 Å². The molecule has 1 aromatic carbocycles. The molecule has 1 aromatic heterocycles. The van der Waals surface area contributed by atoms with Crippen molar-refractivity contribution in [2.45, 2.75) is 33.4 Å². The summed E-state index contributed by atoms with van der Waals surface area (Å²) in [6.07, 6.45) is 1.02. The monoisotopic (exact) mass is 317 g/mol. The van der Waals surface area contributed by atoms with Crippen molar-refractivity contribution < 1.29 is 14.3 Å². The highest BCUT2D eigenvalue weighted by Gasteiger charge is 2.22. The Labute approximate surface area is 135 Å². The lowest BCUT2D eigenvalue weighted by Gasteiger charge is -2.25. The second-order valence-electron chi connectivity index (χ2n) is 6.43. The van der Waals surface area contributed by atoms with Gasteiger partial charge in [0.25, 0.3) is 0 Å². The molecular formula is C17H23N3O3. The molecule has 1 heterocycles. The first kappa shape index (κ1) is 17.0. The van der Waals surface area contributed by atoms with E-state index in [-0.39, 0.29) is 24.5 Å². The van der Waals surface area contributed by atoms with Gasteiger partial charge in [-0.3, -0.25) is 0 Å². The van der Waals surface area contributed by atoms with E-state index in [2.05, 4.69) is 15.6 Å². The Balaban J connectivity index is 1.80. The van der Waals surface area contributed by atoms with Crippen LogP contribution in [0.25, 0.3) is 11.3 Å². The number of hydrogen-bond acceptors (Lipinski definition) is 4. The molecule has 0 aliphatic carbocycles. The van der Waals surface area contributed by atoms with Gasteiger partial charge in [-0.1, -0.05) is 51.1 Å². The van der Waals surface area contributed by atoms with Crippen LogP contribution in [-0.2, 0) is 6.54 Å². The third-order valence-corrected chi connectivity index (χ3v) is 3.47. The molecule has 0 aliphatic rings. The van der Waals surface area contributed by atoms with E-state index in [1.807, 2.05) is 51.1 Å². The van der Waals surface area contributed by atoms with E-state index >= 15 is 0 Å². The highest BCUT2D eigenvalue weighted by molar-refractivity contribution is 5.73. The van der Waals surface area contributed by atoms with Gasteiger partial charge in [-0.25, -0.2) is 9.78 Å². The molecule has 23 heavy (non-hydrogen) atoms. The quantitative estimate of drug-likeness (QED) is 0.791. The summed E-state index contributed by atoms with van der Waals surface area (Å²) in [7, 11) is 0. The number of oxazole rings is 1. The fraction of sp³-hybridized carbons (Fsp3) is 0.412. The van der Waals surface area contributed by atoms with E-state index in [9.17, 15) is 9.90 Å². The summed E-state index contributed by atoms with van der Waals surface area (Å²) in [4.78, 5) is 15.9. The number of aliphatic hydroxyl groups is 1. The molecule has 6 heteroatoms. The summed E-state index contributed by atoms with van der Waals surface area (Å²) in [5.41, 5.74) is 0.657.